The summed E-state index contributed by atoms with van der Waals surface area (Å²) < 4.78 is 2.53. The van der Waals surface area contributed by atoms with Crippen molar-refractivity contribution in [3.05, 3.63) is 0 Å². The average Bonchev–Trinajstić information content (AvgIpc) is 2.19. The van der Waals surface area contributed by atoms with Crippen LogP contribution in [0.2, 0.25) is 4.44 Å². The van der Waals surface area contributed by atoms with Gasteiger partial charge in [-0.2, -0.15) is 0 Å². The van der Waals surface area contributed by atoms with Crippen molar-refractivity contribution in [2.24, 2.45) is 0 Å². The van der Waals surface area contributed by atoms with E-state index in [2.05, 4.69) is 12.2 Å². The van der Waals surface area contributed by atoms with E-state index in [4.69, 9.17) is 0 Å². The fraction of sp³-hybridized carbons (Fsp3) is 1.00. The van der Waals surface area contributed by atoms with Crippen molar-refractivity contribution in [2.45, 2.75) is 28.3 Å². The molecule has 1 atom stereocenters. The molecule has 1 fully saturated rings. The van der Waals surface area contributed by atoms with Crippen molar-refractivity contribution < 1.29 is 0 Å². The number of nitrogens with one attached hydrogen (secondary N) is 1. The van der Waals surface area contributed by atoms with Crippen LogP contribution in [-0.4, -0.2) is 31.7 Å². The third-order valence-corrected chi connectivity index (χ3v) is 5.49. The van der Waals surface area contributed by atoms with E-state index in [1.807, 2.05) is 0 Å². The van der Waals surface area contributed by atoms with Crippen molar-refractivity contribution >= 4 is 21.1 Å². The Morgan fingerprint density at radius 2 is 2.62 bits per heavy atom. The predicted octanol–water partition coefficient (Wildman–Crippen LogP) is 0.838. The zero-order valence-electron chi connectivity index (χ0n) is 5.41. The molecule has 0 aromatic carbocycles. The second-order valence-corrected chi connectivity index (χ2v) is 7.38. The van der Waals surface area contributed by atoms with Gasteiger partial charge in [0.05, 0.1) is 0 Å². The van der Waals surface area contributed by atoms with E-state index in [-0.39, 0.29) is 21.1 Å². The summed E-state index contributed by atoms with van der Waals surface area (Å²) in [4.78, 5) is 0. The van der Waals surface area contributed by atoms with E-state index in [9.17, 15) is 0 Å². The Balaban J connectivity index is 2.06. The molecule has 0 bridgehead atoms. The van der Waals surface area contributed by atoms with Crippen molar-refractivity contribution in [1.82, 2.24) is 5.32 Å². The predicted molar refractivity (Wildman–Crippen MR) is 37.3 cm³/mol. The number of rotatable bonds is 2. The van der Waals surface area contributed by atoms with E-state index in [1.54, 1.807) is 0 Å². The van der Waals surface area contributed by atoms with Gasteiger partial charge in [-0.05, 0) is 0 Å². The Morgan fingerprint density at radius 1 is 1.75 bits per heavy atom. The molecule has 0 amide bonds. The molecule has 2 heteroatoms. The van der Waals surface area contributed by atoms with E-state index >= 15 is 0 Å². The van der Waals surface area contributed by atoms with Gasteiger partial charge in [-0.25, -0.2) is 0 Å². The van der Waals surface area contributed by atoms with Gasteiger partial charge in [0, 0.05) is 0 Å². The van der Waals surface area contributed by atoms with Crippen LogP contribution in [0.3, 0.4) is 0 Å². The molecular formula is C6H13NSn. The fourth-order valence-corrected chi connectivity index (χ4v) is 4.50. The topological polar surface area (TPSA) is 12.0 Å². The summed E-state index contributed by atoms with van der Waals surface area (Å²) in [5.41, 5.74) is 0. The Labute approximate surface area is 61.5 Å². The summed E-state index contributed by atoms with van der Waals surface area (Å²) in [5.74, 6) is 0. The second-order valence-electron chi connectivity index (χ2n) is 2.21. The molecule has 1 aliphatic heterocycles. The standard InChI is InChI=1S/C4H8N.C2H5.Sn/c1-2-4-5-3-1;1-2;/h3,5H,1-2,4H2;1H2,2H3;. The summed E-state index contributed by atoms with van der Waals surface area (Å²) in [6, 6.07) is 0. The van der Waals surface area contributed by atoms with Crippen LogP contribution < -0.4 is 5.32 Å². The van der Waals surface area contributed by atoms with Gasteiger partial charge >= 0.3 is 61.3 Å². The van der Waals surface area contributed by atoms with Gasteiger partial charge in [-0.15, -0.1) is 0 Å². The first kappa shape index (κ1) is 6.87. The van der Waals surface area contributed by atoms with E-state index in [0.717, 1.165) is 4.06 Å². The molecule has 1 nitrogen and oxygen atoms in total. The molecule has 0 aromatic rings. The van der Waals surface area contributed by atoms with Gasteiger partial charge in [0.2, 0.25) is 0 Å². The minimum atomic E-state index is 0.0433. The molecule has 0 spiro atoms. The third-order valence-electron chi connectivity index (χ3n) is 1.51. The van der Waals surface area contributed by atoms with Crippen LogP contribution in [0.25, 0.3) is 0 Å². The van der Waals surface area contributed by atoms with Gasteiger partial charge in [0.15, 0.2) is 0 Å². The summed E-state index contributed by atoms with van der Waals surface area (Å²) in [5, 5.41) is 3.53. The zero-order chi connectivity index (χ0) is 5.82. The van der Waals surface area contributed by atoms with Crippen molar-refractivity contribution in [3.8, 4) is 0 Å². The molecular weight excluding hydrogens is 205 g/mol. The summed E-state index contributed by atoms with van der Waals surface area (Å²) in [6.45, 7) is 3.62. The first-order valence-electron chi connectivity index (χ1n) is 3.40. The SMILES string of the molecule is C[CH2][Sn][CH]1CCCN1. The molecule has 1 heterocycles. The van der Waals surface area contributed by atoms with Crippen LogP contribution in [0.15, 0.2) is 0 Å². The summed E-state index contributed by atoms with van der Waals surface area (Å²) >= 11 is 0.0433. The monoisotopic (exact) mass is 219 g/mol. The van der Waals surface area contributed by atoms with Crippen LogP contribution in [0, 0.1) is 0 Å². The van der Waals surface area contributed by atoms with Gasteiger partial charge in [0.1, 0.15) is 0 Å². The molecule has 1 unspecified atom stereocenters. The first-order valence-corrected chi connectivity index (χ1v) is 7.07. The molecule has 1 aliphatic rings. The molecule has 2 radical (unpaired) electrons. The molecule has 46 valence electrons. The van der Waals surface area contributed by atoms with Gasteiger partial charge in [0.25, 0.3) is 0 Å². The Hall–Kier alpha value is 0.759. The van der Waals surface area contributed by atoms with Crippen LogP contribution >= 0.6 is 0 Å². The Morgan fingerprint density at radius 3 is 3.12 bits per heavy atom. The molecule has 0 aliphatic carbocycles. The van der Waals surface area contributed by atoms with Gasteiger partial charge in [-0.3, -0.25) is 0 Å². The molecule has 0 saturated carbocycles. The van der Waals surface area contributed by atoms with Crippen LogP contribution in [-0.2, 0) is 0 Å². The van der Waals surface area contributed by atoms with Crippen LogP contribution in [0.1, 0.15) is 19.8 Å². The first-order chi connectivity index (χ1) is 3.93. The molecule has 0 aromatic heterocycles. The second kappa shape index (κ2) is 3.72. The normalized spacial score (nSPS) is 28.9. The third kappa shape index (κ3) is 1.94. The van der Waals surface area contributed by atoms with Gasteiger partial charge in [-0.1, -0.05) is 0 Å². The molecule has 1 rings (SSSR count). The van der Waals surface area contributed by atoms with Crippen molar-refractivity contribution in [3.63, 3.8) is 0 Å². The molecule has 1 saturated heterocycles. The average molecular weight is 218 g/mol. The molecule has 1 N–H and O–H groups in total. The van der Waals surface area contributed by atoms with Gasteiger partial charge < -0.3 is 0 Å². The fourth-order valence-electron chi connectivity index (χ4n) is 1.11. The van der Waals surface area contributed by atoms with Crippen LogP contribution in [0.5, 0.6) is 0 Å². The minimum absolute atomic E-state index is 0.0433. The van der Waals surface area contributed by atoms with Crippen LogP contribution in [0.4, 0.5) is 0 Å². The zero-order valence-corrected chi connectivity index (χ0v) is 8.26. The quantitative estimate of drug-likeness (QED) is 0.677. The molecule has 8 heavy (non-hydrogen) atoms. The van der Waals surface area contributed by atoms with Crippen molar-refractivity contribution in [2.75, 3.05) is 6.54 Å². The Bertz CT molecular complexity index is 59.5. The summed E-state index contributed by atoms with van der Waals surface area (Å²) in [7, 11) is 0. The maximum absolute atomic E-state index is 3.53. The van der Waals surface area contributed by atoms with Crippen molar-refractivity contribution in [1.29, 1.82) is 0 Å². The van der Waals surface area contributed by atoms with E-state index in [0.29, 0.717) is 0 Å². The maximum atomic E-state index is 3.53. The Kier molecular flexibility index (Phi) is 3.20. The van der Waals surface area contributed by atoms with E-state index in [1.165, 1.54) is 23.8 Å². The summed E-state index contributed by atoms with van der Waals surface area (Å²) in [6.07, 6.45) is 2.92. The number of hydrogen-bond acceptors (Lipinski definition) is 1. The van der Waals surface area contributed by atoms with E-state index < -0.39 is 0 Å². The number of hydrogen-bond donors (Lipinski definition) is 1.